The highest BCUT2D eigenvalue weighted by Crippen LogP contribution is 2.59. The van der Waals surface area contributed by atoms with Gasteiger partial charge in [0, 0.05) is 11.5 Å². The van der Waals surface area contributed by atoms with Crippen LogP contribution in [0, 0.1) is 6.92 Å². The Hall–Kier alpha value is -1.53. The van der Waals surface area contributed by atoms with Gasteiger partial charge in [0.1, 0.15) is 46.9 Å². The summed E-state index contributed by atoms with van der Waals surface area (Å²) < 4.78 is 22.6. The fourth-order valence-electron chi connectivity index (χ4n) is 3.17. The lowest BCUT2D eigenvalue weighted by molar-refractivity contribution is -0.243. The number of aliphatic hydroxyl groups excluding tert-OH is 5. The molecule has 1 heterocycles. The molecule has 0 aliphatic heterocycles. The molecule has 3 rings (SSSR count). The van der Waals surface area contributed by atoms with Crippen molar-refractivity contribution in [2.45, 2.75) is 42.8 Å². The number of aliphatic hydroxyl groups is 6. The van der Waals surface area contributed by atoms with Crippen molar-refractivity contribution in [1.29, 1.82) is 0 Å². The summed E-state index contributed by atoms with van der Waals surface area (Å²) in [6, 6.07) is 3.55. The van der Waals surface area contributed by atoms with Crippen LogP contribution in [0.2, 0.25) is 5.02 Å². The molecule has 1 fully saturated rings. The van der Waals surface area contributed by atoms with Crippen LogP contribution in [0.25, 0.3) is 11.0 Å². The molecule has 7 atom stereocenters. The average molecular weight is 453 g/mol. The van der Waals surface area contributed by atoms with Gasteiger partial charge in [-0.25, -0.2) is 9.36 Å². The molecule has 0 amide bonds. The number of hydrogen-bond acceptors (Lipinski definition) is 10. The molecule has 2 aromatic rings. The first-order chi connectivity index (χ1) is 13.3. The molecule has 7 N–H and O–H groups in total. The molecule has 160 valence electrons. The fourth-order valence-corrected chi connectivity index (χ4v) is 4.83. The Labute approximate surface area is 167 Å². The Morgan fingerprint density at radius 3 is 2.21 bits per heavy atom. The Bertz CT molecular complexity index is 1040. The summed E-state index contributed by atoms with van der Waals surface area (Å²) in [4.78, 5) is 22.0. The van der Waals surface area contributed by atoms with Gasteiger partial charge in [-0.05, 0) is 24.6 Å². The van der Waals surface area contributed by atoms with Gasteiger partial charge in [0.25, 0.3) is 0 Å². The Morgan fingerprint density at radius 2 is 1.66 bits per heavy atom. The van der Waals surface area contributed by atoms with Crippen molar-refractivity contribution < 1.29 is 49.0 Å². The number of fused-ring (bicyclic) bond motifs is 1. The van der Waals surface area contributed by atoms with Gasteiger partial charge in [-0.2, -0.15) is 0 Å². The number of rotatable bonds is 3. The predicted molar refractivity (Wildman–Crippen MR) is 97.7 cm³/mol. The van der Waals surface area contributed by atoms with Crippen molar-refractivity contribution in [3.05, 3.63) is 39.2 Å². The second-order valence-electron chi connectivity index (χ2n) is 6.74. The molecule has 1 aromatic heterocycles. The zero-order valence-electron chi connectivity index (χ0n) is 14.7. The molecule has 29 heavy (non-hydrogen) atoms. The highest BCUT2D eigenvalue weighted by Gasteiger charge is 2.68. The fraction of sp³-hybridized carbons (Fsp3) is 0.438. The van der Waals surface area contributed by atoms with E-state index in [0.29, 0.717) is 10.9 Å². The van der Waals surface area contributed by atoms with E-state index in [1.807, 2.05) is 0 Å². The third-order valence-electron chi connectivity index (χ3n) is 4.97. The van der Waals surface area contributed by atoms with Crippen LogP contribution >= 0.6 is 19.2 Å². The molecular weight excluding hydrogens is 435 g/mol. The van der Waals surface area contributed by atoms with Crippen LogP contribution in [0.5, 0.6) is 5.75 Å². The van der Waals surface area contributed by atoms with Crippen molar-refractivity contribution in [3.8, 4) is 5.75 Å². The lowest BCUT2D eigenvalue weighted by Gasteiger charge is -2.47. The van der Waals surface area contributed by atoms with Crippen LogP contribution in [0.4, 0.5) is 0 Å². The van der Waals surface area contributed by atoms with Gasteiger partial charge in [-0.3, -0.25) is 0 Å². The standard InChI is InChI=1S/C16H18ClO11P/c1-5-7-3-2-6(4-8(7)27-15(23)9(5)17)28-29(25,26)16(24)13(21)11(19)10(18)12(20)14(16)22/h2-4,10-14,18-22,24H,1H3,(H,25,26)/t10?,11-,12+,13-,14-,16?/m1/s1. The number of hydrogen-bond donors (Lipinski definition) is 7. The van der Waals surface area contributed by atoms with Crippen molar-refractivity contribution in [2.24, 2.45) is 0 Å². The number of halogens is 1. The normalized spacial score (nSPS) is 34.7. The smallest absolute Gasteiger partial charge is 0.413 e. The van der Waals surface area contributed by atoms with Crippen LogP contribution in [-0.4, -0.2) is 71.4 Å². The van der Waals surface area contributed by atoms with Crippen LogP contribution in [0.3, 0.4) is 0 Å². The summed E-state index contributed by atoms with van der Waals surface area (Å²) >= 11 is 5.82. The summed E-state index contributed by atoms with van der Waals surface area (Å²) in [6.07, 6.45) is -11.7. The van der Waals surface area contributed by atoms with Gasteiger partial charge in [0.15, 0.2) is 0 Å². The summed E-state index contributed by atoms with van der Waals surface area (Å²) in [5.41, 5.74) is -0.548. The molecule has 1 saturated carbocycles. The van der Waals surface area contributed by atoms with Crippen LogP contribution in [-0.2, 0) is 4.57 Å². The van der Waals surface area contributed by atoms with E-state index in [-0.39, 0.29) is 10.6 Å². The van der Waals surface area contributed by atoms with Gasteiger partial charge in [0.2, 0.25) is 5.34 Å². The predicted octanol–water partition coefficient (Wildman–Crippen LogP) is -1.17. The Balaban J connectivity index is 2.03. The number of aryl methyl sites for hydroxylation is 1. The van der Waals surface area contributed by atoms with Crippen LogP contribution in [0.15, 0.2) is 27.4 Å². The third-order valence-corrected chi connectivity index (χ3v) is 7.30. The summed E-state index contributed by atoms with van der Waals surface area (Å²) in [5.74, 6) is -0.406. The third kappa shape index (κ3) is 3.28. The molecule has 1 aromatic carbocycles. The van der Waals surface area contributed by atoms with Gasteiger partial charge in [0.05, 0.1) is 0 Å². The maximum absolute atomic E-state index is 12.7. The van der Waals surface area contributed by atoms with E-state index >= 15 is 0 Å². The lowest BCUT2D eigenvalue weighted by Crippen LogP contribution is -2.70. The lowest BCUT2D eigenvalue weighted by atomic mass is 9.84. The van der Waals surface area contributed by atoms with E-state index in [9.17, 15) is 44.9 Å². The van der Waals surface area contributed by atoms with E-state index < -0.39 is 54.8 Å². The second-order valence-corrected chi connectivity index (χ2v) is 9.06. The van der Waals surface area contributed by atoms with Crippen molar-refractivity contribution in [1.82, 2.24) is 0 Å². The topological polar surface area (TPSA) is 198 Å². The summed E-state index contributed by atoms with van der Waals surface area (Å²) in [6.45, 7) is 1.55. The van der Waals surface area contributed by atoms with E-state index in [2.05, 4.69) is 0 Å². The van der Waals surface area contributed by atoms with Gasteiger partial charge < -0.3 is 44.5 Å². The molecule has 11 nitrogen and oxygen atoms in total. The highest BCUT2D eigenvalue weighted by molar-refractivity contribution is 7.55. The molecule has 0 spiro atoms. The molecular formula is C16H18ClO11P. The SMILES string of the molecule is Cc1c(Cl)c(=O)oc2cc(OP(=O)(O)C3(O)[C@H](O)[C@H](O)C(O)[C@H](O)[C@H]3O)ccc12. The minimum Gasteiger partial charge on any atom is -0.422 e. The Morgan fingerprint density at radius 1 is 1.10 bits per heavy atom. The minimum atomic E-state index is -5.45. The van der Waals surface area contributed by atoms with Gasteiger partial charge in [-0.15, -0.1) is 0 Å². The quantitative estimate of drug-likeness (QED) is 0.218. The molecule has 0 saturated heterocycles. The molecule has 0 radical (unpaired) electrons. The van der Waals surface area contributed by atoms with E-state index in [0.717, 1.165) is 6.07 Å². The minimum absolute atomic E-state index is 0.0679. The maximum atomic E-state index is 12.7. The van der Waals surface area contributed by atoms with Gasteiger partial charge >= 0.3 is 13.2 Å². The highest BCUT2D eigenvalue weighted by atomic mass is 35.5. The first-order valence-electron chi connectivity index (χ1n) is 8.21. The monoisotopic (exact) mass is 452 g/mol. The van der Waals surface area contributed by atoms with E-state index in [1.54, 1.807) is 6.92 Å². The van der Waals surface area contributed by atoms with E-state index in [4.69, 9.17) is 20.5 Å². The first-order valence-corrected chi connectivity index (χ1v) is 10.2. The summed E-state index contributed by atoms with van der Waals surface area (Å²) in [7, 11) is -5.45. The first kappa shape index (κ1) is 22.2. The van der Waals surface area contributed by atoms with Crippen LogP contribution in [0.1, 0.15) is 5.56 Å². The van der Waals surface area contributed by atoms with Crippen LogP contribution < -0.4 is 10.1 Å². The maximum Gasteiger partial charge on any atom is 0.413 e. The van der Waals surface area contributed by atoms with E-state index in [1.165, 1.54) is 12.1 Å². The van der Waals surface area contributed by atoms with Gasteiger partial charge in [-0.1, -0.05) is 11.6 Å². The van der Waals surface area contributed by atoms with Crippen molar-refractivity contribution >= 4 is 30.2 Å². The molecule has 1 aliphatic rings. The second kappa shape index (κ2) is 7.31. The zero-order valence-corrected chi connectivity index (χ0v) is 16.4. The molecule has 0 bridgehead atoms. The largest absolute Gasteiger partial charge is 0.422 e. The Kier molecular flexibility index (Phi) is 5.59. The van der Waals surface area contributed by atoms with Crippen molar-refractivity contribution in [3.63, 3.8) is 0 Å². The summed E-state index contributed by atoms with van der Waals surface area (Å²) in [5, 5.41) is 56.4. The van der Waals surface area contributed by atoms with Crippen molar-refractivity contribution in [2.75, 3.05) is 0 Å². The molecule has 3 unspecified atom stereocenters. The molecule has 1 aliphatic carbocycles. The average Bonchev–Trinajstić information content (AvgIpc) is 2.67. The molecule has 13 heteroatoms. The number of benzene rings is 1. The zero-order chi connectivity index (χ0) is 21.9.